The zero-order valence-corrected chi connectivity index (χ0v) is 10.6. The Kier molecular flexibility index (Phi) is 4.87. The van der Waals surface area contributed by atoms with E-state index < -0.39 is 5.97 Å². The van der Waals surface area contributed by atoms with Gasteiger partial charge in [-0.2, -0.15) is 0 Å². The minimum absolute atomic E-state index is 0.120. The number of rotatable bonds is 6. The first-order valence-corrected chi connectivity index (χ1v) is 5.83. The zero-order valence-electron chi connectivity index (χ0n) is 10.6. The lowest BCUT2D eigenvalue weighted by atomic mass is 10.1. The van der Waals surface area contributed by atoms with Crippen LogP contribution >= 0.6 is 0 Å². The molecule has 0 aliphatic carbocycles. The molecule has 0 amide bonds. The van der Waals surface area contributed by atoms with Crippen LogP contribution in [-0.4, -0.2) is 34.1 Å². The van der Waals surface area contributed by atoms with Crippen molar-refractivity contribution in [3.63, 3.8) is 0 Å². The van der Waals surface area contributed by atoms with Gasteiger partial charge in [0.15, 0.2) is 0 Å². The summed E-state index contributed by atoms with van der Waals surface area (Å²) in [5.74, 6) is 0.351. The highest BCUT2D eigenvalue weighted by Gasteiger charge is 2.10. The first-order chi connectivity index (χ1) is 8.04. The second-order valence-electron chi connectivity index (χ2n) is 4.18. The minimum atomic E-state index is -0.790. The quantitative estimate of drug-likeness (QED) is 0.818. The van der Waals surface area contributed by atoms with Crippen LogP contribution < -0.4 is 4.90 Å². The molecule has 0 unspecified atom stereocenters. The van der Waals surface area contributed by atoms with E-state index >= 15 is 0 Å². The maximum atomic E-state index is 10.6. The van der Waals surface area contributed by atoms with Crippen molar-refractivity contribution in [2.75, 3.05) is 18.0 Å². The van der Waals surface area contributed by atoms with Gasteiger partial charge in [-0.05, 0) is 12.8 Å². The van der Waals surface area contributed by atoms with E-state index in [4.69, 9.17) is 5.11 Å². The normalized spacial score (nSPS) is 10.6. The molecule has 1 N–H and O–H groups in total. The standard InChI is InChI=1S/C12H19N3O2/c1-4-15(6-5-12(16)17)11-7-10(9(2)3)13-8-14-11/h7-9H,4-6H2,1-3H3,(H,16,17). The fraction of sp³-hybridized carbons (Fsp3) is 0.583. The molecule has 94 valence electrons. The Bertz CT molecular complexity index is 380. The fourth-order valence-corrected chi connectivity index (χ4v) is 1.52. The van der Waals surface area contributed by atoms with E-state index in [1.54, 1.807) is 0 Å². The van der Waals surface area contributed by atoms with Gasteiger partial charge in [-0.3, -0.25) is 4.79 Å². The molecule has 0 atom stereocenters. The van der Waals surface area contributed by atoms with Crippen LogP contribution in [0.3, 0.4) is 0 Å². The van der Waals surface area contributed by atoms with Crippen molar-refractivity contribution in [3.05, 3.63) is 18.1 Å². The summed E-state index contributed by atoms with van der Waals surface area (Å²) in [6.07, 6.45) is 1.66. The van der Waals surface area contributed by atoms with E-state index in [-0.39, 0.29) is 6.42 Å². The molecule has 1 aromatic rings. The molecular weight excluding hydrogens is 218 g/mol. The molecule has 1 rings (SSSR count). The summed E-state index contributed by atoms with van der Waals surface area (Å²) in [4.78, 5) is 20.9. The fourth-order valence-electron chi connectivity index (χ4n) is 1.52. The van der Waals surface area contributed by atoms with Gasteiger partial charge in [0.1, 0.15) is 12.1 Å². The third-order valence-corrected chi connectivity index (χ3v) is 2.57. The lowest BCUT2D eigenvalue weighted by Gasteiger charge is -2.21. The van der Waals surface area contributed by atoms with E-state index in [0.717, 1.165) is 18.1 Å². The van der Waals surface area contributed by atoms with Crippen LogP contribution in [0, 0.1) is 0 Å². The van der Waals surface area contributed by atoms with Gasteiger partial charge in [0, 0.05) is 24.8 Å². The molecular formula is C12H19N3O2. The molecule has 1 aromatic heterocycles. The van der Waals surface area contributed by atoms with Gasteiger partial charge in [0.2, 0.25) is 0 Å². The van der Waals surface area contributed by atoms with Crippen LogP contribution in [0.5, 0.6) is 0 Å². The van der Waals surface area contributed by atoms with Crippen molar-refractivity contribution in [3.8, 4) is 0 Å². The van der Waals surface area contributed by atoms with E-state index in [1.807, 2.05) is 17.9 Å². The molecule has 0 saturated heterocycles. The van der Waals surface area contributed by atoms with Crippen LogP contribution in [0.4, 0.5) is 5.82 Å². The van der Waals surface area contributed by atoms with Gasteiger partial charge in [0.25, 0.3) is 0 Å². The number of anilines is 1. The van der Waals surface area contributed by atoms with Gasteiger partial charge in [-0.15, -0.1) is 0 Å². The summed E-state index contributed by atoms with van der Waals surface area (Å²) in [5.41, 5.74) is 0.976. The lowest BCUT2D eigenvalue weighted by Crippen LogP contribution is -2.26. The Morgan fingerprint density at radius 2 is 2.18 bits per heavy atom. The maximum absolute atomic E-state index is 10.6. The van der Waals surface area contributed by atoms with E-state index in [2.05, 4.69) is 23.8 Å². The predicted octanol–water partition coefficient (Wildman–Crippen LogP) is 1.90. The summed E-state index contributed by atoms with van der Waals surface area (Å²) in [6, 6.07) is 1.93. The van der Waals surface area contributed by atoms with Crippen molar-refractivity contribution in [2.45, 2.75) is 33.1 Å². The third kappa shape index (κ3) is 4.01. The first kappa shape index (κ1) is 13.4. The molecule has 1 heterocycles. The van der Waals surface area contributed by atoms with Gasteiger partial charge in [-0.25, -0.2) is 9.97 Å². The monoisotopic (exact) mass is 237 g/mol. The molecule has 0 radical (unpaired) electrons. The number of carbonyl (C=O) groups is 1. The number of hydrogen-bond donors (Lipinski definition) is 1. The number of carboxylic acid groups (broad SMARTS) is 1. The lowest BCUT2D eigenvalue weighted by molar-refractivity contribution is -0.136. The molecule has 17 heavy (non-hydrogen) atoms. The molecule has 0 aromatic carbocycles. The smallest absolute Gasteiger partial charge is 0.305 e. The number of nitrogens with zero attached hydrogens (tertiary/aromatic N) is 3. The Labute approximate surface area is 102 Å². The molecule has 0 aliphatic heterocycles. The highest BCUT2D eigenvalue weighted by atomic mass is 16.4. The van der Waals surface area contributed by atoms with Crippen molar-refractivity contribution < 1.29 is 9.90 Å². The largest absolute Gasteiger partial charge is 0.481 e. The SMILES string of the molecule is CCN(CCC(=O)O)c1cc(C(C)C)ncn1. The average Bonchev–Trinajstić information content (AvgIpc) is 2.30. The van der Waals surface area contributed by atoms with Crippen LogP contribution in [0.25, 0.3) is 0 Å². The van der Waals surface area contributed by atoms with E-state index in [0.29, 0.717) is 12.5 Å². The molecule has 0 spiro atoms. The number of hydrogen-bond acceptors (Lipinski definition) is 4. The van der Waals surface area contributed by atoms with E-state index in [9.17, 15) is 4.79 Å². The van der Waals surface area contributed by atoms with Crippen LogP contribution in [0.2, 0.25) is 0 Å². The molecule has 0 saturated carbocycles. The van der Waals surface area contributed by atoms with Crippen LogP contribution in [-0.2, 0) is 4.79 Å². The van der Waals surface area contributed by atoms with Crippen molar-refractivity contribution in [1.29, 1.82) is 0 Å². The molecule has 5 heteroatoms. The minimum Gasteiger partial charge on any atom is -0.481 e. The maximum Gasteiger partial charge on any atom is 0.305 e. The summed E-state index contributed by atoms with van der Waals surface area (Å²) in [5, 5.41) is 8.69. The second-order valence-corrected chi connectivity index (χ2v) is 4.18. The van der Waals surface area contributed by atoms with Gasteiger partial charge in [-0.1, -0.05) is 13.8 Å². The average molecular weight is 237 g/mol. The van der Waals surface area contributed by atoms with Crippen molar-refractivity contribution in [1.82, 2.24) is 9.97 Å². The third-order valence-electron chi connectivity index (χ3n) is 2.57. The second kappa shape index (κ2) is 6.18. The molecule has 0 bridgehead atoms. The Hall–Kier alpha value is -1.65. The molecule has 0 aliphatic rings. The van der Waals surface area contributed by atoms with Crippen molar-refractivity contribution >= 4 is 11.8 Å². The highest BCUT2D eigenvalue weighted by molar-refractivity contribution is 5.67. The predicted molar refractivity (Wildman–Crippen MR) is 66.3 cm³/mol. The van der Waals surface area contributed by atoms with Gasteiger partial charge < -0.3 is 10.0 Å². The van der Waals surface area contributed by atoms with E-state index in [1.165, 1.54) is 6.33 Å². The Morgan fingerprint density at radius 3 is 2.71 bits per heavy atom. The number of aromatic nitrogens is 2. The summed E-state index contributed by atoms with van der Waals surface area (Å²) in [7, 11) is 0. The van der Waals surface area contributed by atoms with Crippen molar-refractivity contribution in [2.24, 2.45) is 0 Å². The highest BCUT2D eigenvalue weighted by Crippen LogP contribution is 2.16. The Morgan fingerprint density at radius 1 is 1.47 bits per heavy atom. The molecule has 0 fully saturated rings. The van der Waals surface area contributed by atoms with Gasteiger partial charge in [0.05, 0.1) is 6.42 Å². The van der Waals surface area contributed by atoms with Gasteiger partial charge >= 0.3 is 5.97 Å². The van der Waals surface area contributed by atoms with Crippen LogP contribution in [0.15, 0.2) is 12.4 Å². The van der Waals surface area contributed by atoms with Crippen LogP contribution in [0.1, 0.15) is 38.8 Å². The molecule has 5 nitrogen and oxygen atoms in total. The number of aliphatic carboxylic acids is 1. The summed E-state index contributed by atoms with van der Waals surface area (Å²) in [6.45, 7) is 7.33. The summed E-state index contributed by atoms with van der Waals surface area (Å²) >= 11 is 0. The first-order valence-electron chi connectivity index (χ1n) is 5.83. The number of carboxylic acids is 1. The summed E-state index contributed by atoms with van der Waals surface area (Å²) < 4.78 is 0. The Balaban J connectivity index is 2.80. The zero-order chi connectivity index (χ0) is 12.8. The topological polar surface area (TPSA) is 66.3 Å².